The van der Waals surface area contributed by atoms with Gasteiger partial charge in [-0.3, -0.25) is 4.79 Å². The maximum Gasteiger partial charge on any atom is 0.158 e. The highest BCUT2D eigenvalue weighted by atomic mass is 16.1. The van der Waals surface area contributed by atoms with Crippen LogP contribution < -0.4 is 0 Å². The molecule has 0 N–H and O–H groups in total. The Kier molecular flexibility index (Phi) is 3.29. The molecule has 1 atom stereocenters. The zero-order valence-corrected chi connectivity index (χ0v) is 8.97. The maximum atomic E-state index is 11.7. The van der Waals surface area contributed by atoms with Crippen molar-refractivity contribution in [2.45, 2.75) is 46.5 Å². The number of hydrogen-bond donors (Lipinski definition) is 0. The van der Waals surface area contributed by atoms with Crippen LogP contribution in [0.5, 0.6) is 0 Å². The summed E-state index contributed by atoms with van der Waals surface area (Å²) in [5.74, 6) is 0.588. The quantitative estimate of drug-likeness (QED) is 0.596. The molecule has 0 bridgehead atoms. The summed E-state index contributed by atoms with van der Waals surface area (Å²) in [6, 6.07) is 0. The molecule has 74 valence electrons. The molecule has 0 unspecified atom stereocenters. The summed E-state index contributed by atoms with van der Waals surface area (Å²) in [5.41, 5.74) is 0.217. The zero-order chi connectivity index (χ0) is 9.90. The van der Waals surface area contributed by atoms with Gasteiger partial charge in [0.1, 0.15) is 0 Å². The third-order valence-electron chi connectivity index (χ3n) is 3.18. The molecule has 1 fully saturated rings. The van der Waals surface area contributed by atoms with E-state index in [-0.39, 0.29) is 11.3 Å². The lowest BCUT2D eigenvalue weighted by atomic mass is 9.67. The van der Waals surface area contributed by atoms with Gasteiger partial charge in [0, 0.05) is 5.92 Å². The van der Waals surface area contributed by atoms with E-state index in [4.69, 9.17) is 0 Å². The lowest BCUT2D eigenvalue weighted by Crippen LogP contribution is -2.33. The number of rotatable bonds is 2. The average Bonchev–Trinajstić information content (AvgIpc) is 2.03. The van der Waals surface area contributed by atoms with Crippen molar-refractivity contribution in [2.75, 3.05) is 0 Å². The standard InChI is InChI=1S/C12H20O/c1-4-7-11(13)10-8-5-6-9-12(10,2)3/h4,7,10H,5-6,8-9H2,1-3H3/t10-/m1/s1. The molecule has 1 saturated carbocycles. The Morgan fingerprint density at radius 2 is 2.08 bits per heavy atom. The molecule has 1 aliphatic carbocycles. The number of allylic oxidation sites excluding steroid dienone is 2. The van der Waals surface area contributed by atoms with Crippen LogP contribution >= 0.6 is 0 Å². The molecule has 0 radical (unpaired) electrons. The molecule has 1 aliphatic rings. The smallest absolute Gasteiger partial charge is 0.158 e. The van der Waals surface area contributed by atoms with E-state index in [2.05, 4.69) is 13.8 Å². The van der Waals surface area contributed by atoms with Crippen LogP contribution in [0.4, 0.5) is 0 Å². The summed E-state index contributed by atoms with van der Waals surface area (Å²) < 4.78 is 0. The molecule has 0 amide bonds. The molecule has 1 nitrogen and oxygen atoms in total. The number of hydrogen-bond acceptors (Lipinski definition) is 1. The normalized spacial score (nSPS) is 27.8. The molecule has 13 heavy (non-hydrogen) atoms. The van der Waals surface area contributed by atoms with Crippen LogP contribution in [0, 0.1) is 11.3 Å². The molecule has 0 aromatic heterocycles. The van der Waals surface area contributed by atoms with Crippen LogP contribution in [0.3, 0.4) is 0 Å². The molecule has 0 heterocycles. The van der Waals surface area contributed by atoms with E-state index in [0.717, 1.165) is 6.42 Å². The van der Waals surface area contributed by atoms with Crippen molar-refractivity contribution < 1.29 is 4.79 Å². The number of ketones is 1. The van der Waals surface area contributed by atoms with Crippen molar-refractivity contribution in [3.05, 3.63) is 12.2 Å². The van der Waals surface area contributed by atoms with Crippen molar-refractivity contribution in [3.63, 3.8) is 0 Å². The van der Waals surface area contributed by atoms with Gasteiger partial charge >= 0.3 is 0 Å². The largest absolute Gasteiger partial charge is 0.295 e. The highest BCUT2D eigenvalue weighted by molar-refractivity contribution is 5.92. The van der Waals surface area contributed by atoms with Crippen molar-refractivity contribution in [1.82, 2.24) is 0 Å². The molecular formula is C12H20O. The minimum Gasteiger partial charge on any atom is -0.295 e. The van der Waals surface area contributed by atoms with Crippen molar-refractivity contribution in [1.29, 1.82) is 0 Å². The van der Waals surface area contributed by atoms with Gasteiger partial charge in [-0.25, -0.2) is 0 Å². The first-order chi connectivity index (χ1) is 6.08. The van der Waals surface area contributed by atoms with Gasteiger partial charge in [0.05, 0.1) is 0 Å². The fourth-order valence-electron chi connectivity index (χ4n) is 2.30. The van der Waals surface area contributed by atoms with E-state index in [9.17, 15) is 4.79 Å². The Hall–Kier alpha value is -0.590. The molecule has 0 aromatic rings. The van der Waals surface area contributed by atoms with Crippen LogP contribution in [-0.4, -0.2) is 5.78 Å². The third kappa shape index (κ3) is 2.43. The Balaban J connectivity index is 2.70. The fraction of sp³-hybridized carbons (Fsp3) is 0.750. The van der Waals surface area contributed by atoms with E-state index < -0.39 is 0 Å². The summed E-state index contributed by atoms with van der Waals surface area (Å²) in [5, 5.41) is 0. The van der Waals surface area contributed by atoms with Crippen LogP contribution in [-0.2, 0) is 4.79 Å². The molecule has 0 spiro atoms. The van der Waals surface area contributed by atoms with Gasteiger partial charge in [-0.15, -0.1) is 0 Å². The topological polar surface area (TPSA) is 17.1 Å². The van der Waals surface area contributed by atoms with E-state index in [1.165, 1.54) is 19.3 Å². The van der Waals surface area contributed by atoms with Gasteiger partial charge in [-0.05, 0) is 31.3 Å². The van der Waals surface area contributed by atoms with Crippen LogP contribution in [0.15, 0.2) is 12.2 Å². The highest BCUT2D eigenvalue weighted by Crippen LogP contribution is 2.41. The van der Waals surface area contributed by atoms with Crippen molar-refractivity contribution in [2.24, 2.45) is 11.3 Å². The van der Waals surface area contributed by atoms with E-state index in [1.54, 1.807) is 6.08 Å². The van der Waals surface area contributed by atoms with Gasteiger partial charge in [-0.1, -0.05) is 32.8 Å². The minimum absolute atomic E-state index is 0.217. The second-order valence-electron chi connectivity index (χ2n) is 4.69. The first-order valence-electron chi connectivity index (χ1n) is 5.24. The summed E-state index contributed by atoms with van der Waals surface area (Å²) in [4.78, 5) is 11.7. The molecule has 0 saturated heterocycles. The fourth-order valence-corrected chi connectivity index (χ4v) is 2.30. The van der Waals surface area contributed by atoms with Gasteiger partial charge in [0.15, 0.2) is 5.78 Å². The molecule has 1 heteroatoms. The summed E-state index contributed by atoms with van der Waals surface area (Å²) in [6.45, 7) is 6.35. The van der Waals surface area contributed by atoms with Crippen molar-refractivity contribution in [3.8, 4) is 0 Å². The molecule has 1 rings (SSSR count). The summed E-state index contributed by atoms with van der Waals surface area (Å²) in [7, 11) is 0. The monoisotopic (exact) mass is 180 g/mol. The lowest BCUT2D eigenvalue weighted by molar-refractivity contribution is -0.123. The highest BCUT2D eigenvalue weighted by Gasteiger charge is 2.35. The molecule has 0 aliphatic heterocycles. The second-order valence-corrected chi connectivity index (χ2v) is 4.69. The number of carbonyl (C=O) groups excluding carboxylic acids is 1. The van der Waals surface area contributed by atoms with Crippen molar-refractivity contribution >= 4 is 5.78 Å². The van der Waals surface area contributed by atoms with Crippen LogP contribution in [0.1, 0.15) is 46.5 Å². The summed E-state index contributed by atoms with van der Waals surface area (Å²) in [6.07, 6.45) is 8.37. The van der Waals surface area contributed by atoms with Crippen LogP contribution in [0.2, 0.25) is 0 Å². The molecule has 0 aromatic carbocycles. The summed E-state index contributed by atoms with van der Waals surface area (Å²) >= 11 is 0. The lowest BCUT2D eigenvalue weighted by Gasteiger charge is -2.37. The van der Waals surface area contributed by atoms with Gasteiger partial charge in [-0.2, -0.15) is 0 Å². The first-order valence-corrected chi connectivity index (χ1v) is 5.24. The number of carbonyl (C=O) groups is 1. The van der Waals surface area contributed by atoms with Crippen LogP contribution in [0.25, 0.3) is 0 Å². The van der Waals surface area contributed by atoms with E-state index in [0.29, 0.717) is 5.78 Å². The predicted octanol–water partition coefficient (Wildman–Crippen LogP) is 3.35. The first kappa shape index (κ1) is 10.5. The minimum atomic E-state index is 0.217. The third-order valence-corrected chi connectivity index (χ3v) is 3.18. The van der Waals surface area contributed by atoms with Gasteiger partial charge in [0.25, 0.3) is 0 Å². The maximum absolute atomic E-state index is 11.7. The second kappa shape index (κ2) is 4.08. The Labute approximate surface area is 81.2 Å². The Bertz CT molecular complexity index is 213. The van der Waals surface area contributed by atoms with Gasteiger partial charge < -0.3 is 0 Å². The Morgan fingerprint density at radius 1 is 1.38 bits per heavy atom. The van der Waals surface area contributed by atoms with E-state index in [1.807, 2.05) is 13.0 Å². The predicted molar refractivity (Wildman–Crippen MR) is 55.6 cm³/mol. The van der Waals surface area contributed by atoms with Gasteiger partial charge in [0.2, 0.25) is 0 Å². The SMILES string of the molecule is CC=CC(=O)[C@H]1CCCCC1(C)C. The zero-order valence-electron chi connectivity index (χ0n) is 8.97. The average molecular weight is 180 g/mol. The Morgan fingerprint density at radius 3 is 2.62 bits per heavy atom. The molecular weight excluding hydrogens is 160 g/mol. The van der Waals surface area contributed by atoms with E-state index >= 15 is 0 Å².